The summed E-state index contributed by atoms with van der Waals surface area (Å²) in [6, 6.07) is 4.19. The second kappa shape index (κ2) is 5.07. The second-order valence-corrected chi connectivity index (χ2v) is 4.20. The van der Waals surface area contributed by atoms with Crippen molar-refractivity contribution in [2.45, 2.75) is 6.54 Å². The maximum absolute atomic E-state index is 10.9. The summed E-state index contributed by atoms with van der Waals surface area (Å²) in [5.74, 6) is -1.10. The van der Waals surface area contributed by atoms with Crippen LogP contribution >= 0.6 is 11.6 Å². The SMILES string of the molecule is O=C(O)c1cnn(Cc2cc(Cl)ccc2[N+](=O)[O-])c1. The maximum Gasteiger partial charge on any atom is 0.338 e. The zero-order valence-electron chi connectivity index (χ0n) is 9.49. The predicted molar refractivity (Wildman–Crippen MR) is 66.4 cm³/mol. The number of carboxylic acids is 1. The van der Waals surface area contributed by atoms with Crippen molar-refractivity contribution >= 4 is 23.3 Å². The Kier molecular flexibility index (Phi) is 3.48. The van der Waals surface area contributed by atoms with Crippen LogP contribution in [0.2, 0.25) is 5.02 Å². The summed E-state index contributed by atoms with van der Waals surface area (Å²) < 4.78 is 1.31. The van der Waals surface area contributed by atoms with Crippen molar-refractivity contribution in [3.63, 3.8) is 0 Å². The summed E-state index contributed by atoms with van der Waals surface area (Å²) in [7, 11) is 0. The van der Waals surface area contributed by atoms with Gasteiger partial charge in [-0.05, 0) is 12.1 Å². The molecule has 19 heavy (non-hydrogen) atoms. The molecule has 1 aromatic carbocycles. The first-order valence-electron chi connectivity index (χ1n) is 5.16. The molecule has 0 atom stereocenters. The number of nitro benzene ring substituents is 1. The van der Waals surface area contributed by atoms with Crippen molar-refractivity contribution in [3.8, 4) is 0 Å². The first-order chi connectivity index (χ1) is 8.97. The third kappa shape index (κ3) is 2.89. The summed E-state index contributed by atoms with van der Waals surface area (Å²) in [6.45, 7) is 0.0736. The van der Waals surface area contributed by atoms with Crippen LogP contribution in [0.25, 0.3) is 0 Å². The van der Waals surface area contributed by atoms with Crippen molar-refractivity contribution < 1.29 is 14.8 Å². The number of benzene rings is 1. The largest absolute Gasteiger partial charge is 0.478 e. The zero-order valence-corrected chi connectivity index (χ0v) is 10.2. The molecule has 0 unspecified atom stereocenters. The Hall–Kier alpha value is -2.41. The maximum atomic E-state index is 10.9. The van der Waals surface area contributed by atoms with Crippen LogP contribution in [0, 0.1) is 10.1 Å². The summed E-state index contributed by atoms with van der Waals surface area (Å²) >= 11 is 5.80. The highest BCUT2D eigenvalue weighted by atomic mass is 35.5. The van der Waals surface area contributed by atoms with Crippen LogP contribution in [0.3, 0.4) is 0 Å². The van der Waals surface area contributed by atoms with Crippen molar-refractivity contribution in [1.29, 1.82) is 0 Å². The lowest BCUT2D eigenvalue weighted by Crippen LogP contribution is -2.04. The van der Waals surface area contributed by atoms with Gasteiger partial charge in [-0.15, -0.1) is 0 Å². The van der Waals surface area contributed by atoms with Gasteiger partial charge in [-0.3, -0.25) is 14.8 Å². The fourth-order valence-electron chi connectivity index (χ4n) is 1.59. The number of rotatable bonds is 4. The van der Waals surface area contributed by atoms with Crippen LogP contribution in [0.15, 0.2) is 30.6 Å². The fourth-order valence-corrected chi connectivity index (χ4v) is 1.79. The van der Waals surface area contributed by atoms with Crippen molar-refractivity contribution in [2.75, 3.05) is 0 Å². The summed E-state index contributed by atoms with van der Waals surface area (Å²) in [4.78, 5) is 21.1. The van der Waals surface area contributed by atoms with Gasteiger partial charge in [-0.1, -0.05) is 11.6 Å². The minimum atomic E-state index is -1.10. The molecule has 0 aliphatic rings. The molecular weight excluding hydrogens is 274 g/mol. The lowest BCUT2D eigenvalue weighted by Gasteiger charge is -2.03. The van der Waals surface area contributed by atoms with Gasteiger partial charge in [0.2, 0.25) is 0 Å². The van der Waals surface area contributed by atoms with Gasteiger partial charge < -0.3 is 5.11 Å². The quantitative estimate of drug-likeness (QED) is 0.684. The molecule has 7 nitrogen and oxygen atoms in total. The van der Waals surface area contributed by atoms with E-state index < -0.39 is 10.9 Å². The van der Waals surface area contributed by atoms with E-state index in [1.807, 2.05) is 0 Å². The van der Waals surface area contributed by atoms with Crippen LogP contribution in [0.4, 0.5) is 5.69 Å². The molecule has 0 saturated carbocycles. The van der Waals surface area contributed by atoms with E-state index in [1.54, 1.807) is 0 Å². The molecule has 2 aromatic rings. The topological polar surface area (TPSA) is 98.3 Å². The molecular formula is C11H8ClN3O4. The van der Waals surface area contributed by atoms with Crippen molar-refractivity contribution in [3.05, 3.63) is 56.9 Å². The predicted octanol–water partition coefficient (Wildman–Crippen LogP) is 2.19. The minimum absolute atomic E-state index is 0.0182. The Morgan fingerprint density at radius 3 is 2.84 bits per heavy atom. The molecule has 98 valence electrons. The van der Waals surface area contributed by atoms with E-state index in [-0.39, 0.29) is 17.8 Å². The van der Waals surface area contributed by atoms with Gasteiger partial charge in [0.05, 0.1) is 28.8 Å². The van der Waals surface area contributed by atoms with Gasteiger partial charge in [0.1, 0.15) is 0 Å². The van der Waals surface area contributed by atoms with Crippen LogP contribution in [0.5, 0.6) is 0 Å². The van der Waals surface area contributed by atoms with E-state index in [0.717, 1.165) is 0 Å². The lowest BCUT2D eigenvalue weighted by atomic mass is 10.2. The standard InChI is InChI=1S/C11H8ClN3O4/c12-9-1-2-10(15(18)19)7(3-9)5-14-6-8(4-13-14)11(16)17/h1-4,6H,5H2,(H,16,17). The highest BCUT2D eigenvalue weighted by molar-refractivity contribution is 6.30. The molecule has 0 aliphatic carbocycles. The Bertz CT molecular complexity index is 653. The first kappa shape index (κ1) is 13.0. The third-order valence-electron chi connectivity index (χ3n) is 2.45. The number of carboxylic acid groups (broad SMARTS) is 1. The first-order valence-corrected chi connectivity index (χ1v) is 5.53. The molecule has 0 radical (unpaired) electrons. The van der Waals surface area contributed by atoms with E-state index in [2.05, 4.69) is 5.10 Å². The average Bonchev–Trinajstić information content (AvgIpc) is 2.77. The normalized spacial score (nSPS) is 10.4. The van der Waals surface area contributed by atoms with Gasteiger partial charge in [-0.2, -0.15) is 5.10 Å². The monoisotopic (exact) mass is 281 g/mol. The number of hydrogen-bond acceptors (Lipinski definition) is 4. The van der Waals surface area contributed by atoms with Gasteiger partial charge in [0.25, 0.3) is 5.69 Å². The molecule has 0 saturated heterocycles. The van der Waals surface area contributed by atoms with Gasteiger partial charge in [-0.25, -0.2) is 4.79 Å². The highest BCUT2D eigenvalue weighted by Gasteiger charge is 2.15. The summed E-state index contributed by atoms with van der Waals surface area (Å²) in [5, 5.41) is 23.8. The van der Waals surface area contributed by atoms with Crippen molar-refractivity contribution in [1.82, 2.24) is 9.78 Å². The van der Waals surface area contributed by atoms with Gasteiger partial charge in [0.15, 0.2) is 0 Å². The number of nitro groups is 1. The number of aromatic nitrogens is 2. The molecule has 1 N–H and O–H groups in total. The van der Waals surface area contributed by atoms with E-state index >= 15 is 0 Å². The summed E-state index contributed by atoms with van der Waals surface area (Å²) in [5.41, 5.74) is 0.291. The fraction of sp³-hybridized carbons (Fsp3) is 0.0909. The number of hydrogen-bond donors (Lipinski definition) is 1. The smallest absolute Gasteiger partial charge is 0.338 e. The summed E-state index contributed by atoms with van der Waals surface area (Å²) in [6.07, 6.45) is 2.48. The molecule has 0 fully saturated rings. The van der Waals surface area contributed by atoms with Crippen molar-refractivity contribution in [2.24, 2.45) is 0 Å². The minimum Gasteiger partial charge on any atom is -0.478 e. The molecule has 0 bridgehead atoms. The van der Waals surface area contributed by atoms with E-state index in [0.29, 0.717) is 10.6 Å². The molecule has 0 aliphatic heterocycles. The lowest BCUT2D eigenvalue weighted by molar-refractivity contribution is -0.385. The highest BCUT2D eigenvalue weighted by Crippen LogP contribution is 2.23. The number of aromatic carboxylic acids is 1. The Morgan fingerprint density at radius 2 is 2.26 bits per heavy atom. The molecule has 0 spiro atoms. The van der Waals surface area contributed by atoms with E-state index in [1.165, 1.54) is 35.3 Å². The number of nitrogens with zero attached hydrogens (tertiary/aromatic N) is 3. The van der Waals surface area contributed by atoms with Crippen LogP contribution in [0.1, 0.15) is 15.9 Å². The Morgan fingerprint density at radius 1 is 1.53 bits per heavy atom. The van der Waals surface area contributed by atoms with Crippen LogP contribution in [-0.2, 0) is 6.54 Å². The molecule has 2 rings (SSSR count). The average molecular weight is 282 g/mol. The Labute approximate surface area is 112 Å². The Balaban J connectivity index is 2.33. The van der Waals surface area contributed by atoms with Gasteiger partial charge >= 0.3 is 5.97 Å². The third-order valence-corrected chi connectivity index (χ3v) is 2.69. The molecule has 8 heteroatoms. The van der Waals surface area contributed by atoms with Crippen LogP contribution in [-0.4, -0.2) is 25.8 Å². The second-order valence-electron chi connectivity index (χ2n) is 3.76. The van der Waals surface area contributed by atoms with Crippen LogP contribution < -0.4 is 0 Å². The molecule has 1 aromatic heterocycles. The zero-order chi connectivity index (χ0) is 14.0. The number of carbonyl (C=O) groups is 1. The van der Waals surface area contributed by atoms with E-state index in [4.69, 9.17) is 16.7 Å². The van der Waals surface area contributed by atoms with Gasteiger partial charge in [0, 0.05) is 17.3 Å². The number of halogens is 1. The van der Waals surface area contributed by atoms with E-state index in [9.17, 15) is 14.9 Å². The molecule has 0 amide bonds. The molecule has 1 heterocycles.